The average molecular weight is 269 g/mol. The summed E-state index contributed by atoms with van der Waals surface area (Å²) >= 11 is 5.75. The number of aliphatic hydroxyl groups is 1. The number of ether oxygens (including phenoxy) is 2. The Morgan fingerprint density at radius 3 is 2.59 bits per heavy atom. The molecule has 0 amide bonds. The number of aliphatic hydroxyl groups excluding tert-OH is 1. The van der Waals surface area contributed by atoms with E-state index in [0.717, 1.165) is 6.07 Å². The second-order valence-corrected chi connectivity index (χ2v) is 3.96. The standard InChI is InChI=1S/C10H8ClF3O3/c1-16-7-2-4-6(3-5(7)11)17-9(15)8(4)10(12,13)14/h2-3,8-9,15H,1H3/t8-,9-/m0/s1. The summed E-state index contributed by atoms with van der Waals surface area (Å²) in [6.07, 6.45) is -6.54. The topological polar surface area (TPSA) is 38.7 Å². The van der Waals surface area contributed by atoms with Gasteiger partial charge in [-0.05, 0) is 6.07 Å². The minimum atomic E-state index is -4.59. The monoisotopic (exact) mass is 268 g/mol. The van der Waals surface area contributed by atoms with Crippen molar-refractivity contribution >= 4 is 11.6 Å². The maximum absolute atomic E-state index is 12.7. The lowest BCUT2D eigenvalue weighted by atomic mass is 9.99. The van der Waals surface area contributed by atoms with Gasteiger partial charge in [-0.2, -0.15) is 13.2 Å². The van der Waals surface area contributed by atoms with Gasteiger partial charge < -0.3 is 14.6 Å². The van der Waals surface area contributed by atoms with Crippen LogP contribution in [-0.2, 0) is 0 Å². The highest BCUT2D eigenvalue weighted by atomic mass is 35.5. The second kappa shape index (κ2) is 3.96. The molecule has 1 aromatic carbocycles. The van der Waals surface area contributed by atoms with Crippen molar-refractivity contribution in [2.75, 3.05) is 7.11 Å². The smallest absolute Gasteiger partial charge is 0.401 e. The molecule has 7 heteroatoms. The Morgan fingerprint density at radius 2 is 2.06 bits per heavy atom. The first-order valence-corrected chi connectivity index (χ1v) is 5.01. The Hall–Kier alpha value is -1.14. The van der Waals surface area contributed by atoms with Crippen molar-refractivity contribution in [2.24, 2.45) is 0 Å². The fraction of sp³-hybridized carbons (Fsp3) is 0.400. The lowest BCUT2D eigenvalue weighted by molar-refractivity contribution is -0.191. The Bertz CT molecular complexity index is 447. The summed E-state index contributed by atoms with van der Waals surface area (Å²) in [5.41, 5.74) is -0.175. The molecule has 0 unspecified atom stereocenters. The Kier molecular flexibility index (Phi) is 2.87. The molecule has 1 aliphatic heterocycles. The predicted molar refractivity (Wildman–Crippen MR) is 53.4 cm³/mol. The lowest BCUT2D eigenvalue weighted by Crippen LogP contribution is -2.30. The molecule has 0 bridgehead atoms. The molecule has 1 N–H and O–H groups in total. The summed E-state index contributed by atoms with van der Waals surface area (Å²) in [6, 6.07) is 2.33. The molecule has 3 nitrogen and oxygen atoms in total. The van der Waals surface area contributed by atoms with Gasteiger partial charge in [-0.3, -0.25) is 0 Å². The number of rotatable bonds is 1. The summed E-state index contributed by atoms with van der Waals surface area (Å²) in [7, 11) is 1.29. The van der Waals surface area contributed by atoms with Gasteiger partial charge >= 0.3 is 6.18 Å². The van der Waals surface area contributed by atoms with Crippen LogP contribution in [0.2, 0.25) is 5.02 Å². The number of halogens is 4. The summed E-state index contributed by atoms with van der Waals surface area (Å²) in [4.78, 5) is 0. The third-order valence-corrected chi connectivity index (χ3v) is 2.80. The van der Waals surface area contributed by atoms with Crippen molar-refractivity contribution < 1.29 is 27.8 Å². The fourth-order valence-electron chi connectivity index (χ4n) is 1.74. The van der Waals surface area contributed by atoms with Crippen molar-refractivity contribution in [3.05, 3.63) is 22.7 Å². The number of methoxy groups -OCH3 is 1. The van der Waals surface area contributed by atoms with Gasteiger partial charge in [-0.25, -0.2) is 0 Å². The van der Waals surface area contributed by atoms with Crippen LogP contribution in [0.1, 0.15) is 11.5 Å². The van der Waals surface area contributed by atoms with E-state index < -0.39 is 18.4 Å². The van der Waals surface area contributed by atoms with E-state index in [0.29, 0.717) is 0 Å². The van der Waals surface area contributed by atoms with Crippen LogP contribution < -0.4 is 9.47 Å². The molecule has 0 spiro atoms. The molecule has 2 atom stereocenters. The lowest BCUT2D eigenvalue weighted by Gasteiger charge is -2.17. The van der Waals surface area contributed by atoms with E-state index in [4.69, 9.17) is 21.1 Å². The molecule has 0 fully saturated rings. The Labute approximate surface area is 99.7 Å². The van der Waals surface area contributed by atoms with Crippen molar-refractivity contribution in [3.63, 3.8) is 0 Å². The number of hydrogen-bond donors (Lipinski definition) is 1. The predicted octanol–water partition coefficient (Wildman–Crippen LogP) is 2.71. The minimum absolute atomic E-state index is 0.0781. The highest BCUT2D eigenvalue weighted by Crippen LogP contribution is 2.49. The number of benzene rings is 1. The molecule has 0 aromatic heterocycles. The summed E-state index contributed by atoms with van der Waals surface area (Å²) < 4.78 is 47.7. The van der Waals surface area contributed by atoms with Crippen LogP contribution in [-0.4, -0.2) is 24.7 Å². The average Bonchev–Trinajstić information content (AvgIpc) is 2.50. The number of hydrogen-bond acceptors (Lipinski definition) is 3. The maximum Gasteiger partial charge on any atom is 0.401 e. The van der Waals surface area contributed by atoms with Gasteiger partial charge in [0.1, 0.15) is 17.4 Å². The zero-order chi connectivity index (χ0) is 12.8. The highest BCUT2D eigenvalue weighted by Gasteiger charge is 2.52. The Morgan fingerprint density at radius 1 is 1.41 bits per heavy atom. The SMILES string of the molecule is COc1cc2c(cc1Cl)O[C@H](O)[C@H]2C(F)(F)F. The van der Waals surface area contributed by atoms with E-state index in [9.17, 15) is 18.3 Å². The molecule has 94 valence electrons. The molecule has 0 saturated heterocycles. The van der Waals surface area contributed by atoms with Crippen molar-refractivity contribution in [3.8, 4) is 11.5 Å². The third-order valence-electron chi connectivity index (χ3n) is 2.50. The number of alkyl halides is 3. The summed E-state index contributed by atoms with van der Waals surface area (Å²) in [5, 5.41) is 9.40. The largest absolute Gasteiger partial charge is 0.495 e. The van der Waals surface area contributed by atoms with Crippen LogP contribution in [0.3, 0.4) is 0 Å². The first kappa shape index (κ1) is 12.3. The van der Waals surface area contributed by atoms with Crippen molar-refractivity contribution in [1.82, 2.24) is 0 Å². The van der Waals surface area contributed by atoms with Crippen molar-refractivity contribution in [2.45, 2.75) is 18.4 Å². The molecule has 2 rings (SSSR count). The van der Waals surface area contributed by atoms with E-state index in [-0.39, 0.29) is 22.1 Å². The zero-order valence-electron chi connectivity index (χ0n) is 8.58. The molecule has 0 radical (unpaired) electrons. The van der Waals surface area contributed by atoms with E-state index >= 15 is 0 Å². The van der Waals surface area contributed by atoms with E-state index in [1.165, 1.54) is 13.2 Å². The van der Waals surface area contributed by atoms with Crippen LogP contribution in [0.15, 0.2) is 12.1 Å². The van der Waals surface area contributed by atoms with Crippen LogP contribution in [0.5, 0.6) is 11.5 Å². The van der Waals surface area contributed by atoms with Crippen LogP contribution in [0.25, 0.3) is 0 Å². The van der Waals surface area contributed by atoms with Crippen LogP contribution in [0, 0.1) is 0 Å². The van der Waals surface area contributed by atoms with Gasteiger partial charge in [0.25, 0.3) is 0 Å². The summed E-state index contributed by atoms with van der Waals surface area (Å²) in [6.45, 7) is 0. The van der Waals surface area contributed by atoms with Crippen LogP contribution >= 0.6 is 11.6 Å². The molecule has 1 aromatic rings. The third kappa shape index (κ3) is 2.02. The molecule has 17 heavy (non-hydrogen) atoms. The molecular formula is C10H8ClF3O3. The van der Waals surface area contributed by atoms with E-state index in [2.05, 4.69) is 0 Å². The van der Waals surface area contributed by atoms with E-state index in [1.54, 1.807) is 0 Å². The maximum atomic E-state index is 12.7. The van der Waals surface area contributed by atoms with Gasteiger partial charge in [0.15, 0.2) is 0 Å². The normalized spacial score (nSPS) is 23.2. The van der Waals surface area contributed by atoms with Gasteiger partial charge in [0, 0.05) is 11.6 Å². The molecule has 0 aliphatic carbocycles. The van der Waals surface area contributed by atoms with Gasteiger partial charge in [0.05, 0.1) is 12.1 Å². The molecule has 1 heterocycles. The molecule has 0 saturated carbocycles. The Balaban J connectivity index is 2.52. The first-order chi connectivity index (χ1) is 7.84. The summed E-state index contributed by atoms with van der Waals surface area (Å²) in [5.74, 6) is -2.05. The molecule has 1 aliphatic rings. The fourth-order valence-corrected chi connectivity index (χ4v) is 1.97. The molecular weight excluding hydrogens is 261 g/mol. The van der Waals surface area contributed by atoms with Gasteiger partial charge in [-0.1, -0.05) is 11.6 Å². The zero-order valence-corrected chi connectivity index (χ0v) is 9.34. The quantitative estimate of drug-likeness (QED) is 0.851. The highest BCUT2D eigenvalue weighted by molar-refractivity contribution is 6.32. The van der Waals surface area contributed by atoms with Crippen LogP contribution in [0.4, 0.5) is 13.2 Å². The van der Waals surface area contributed by atoms with Gasteiger partial charge in [0.2, 0.25) is 6.29 Å². The second-order valence-electron chi connectivity index (χ2n) is 3.55. The van der Waals surface area contributed by atoms with Crippen molar-refractivity contribution in [1.29, 1.82) is 0 Å². The number of fused-ring (bicyclic) bond motifs is 1. The van der Waals surface area contributed by atoms with E-state index in [1.807, 2.05) is 0 Å². The minimum Gasteiger partial charge on any atom is -0.495 e. The first-order valence-electron chi connectivity index (χ1n) is 4.63. The van der Waals surface area contributed by atoms with Gasteiger partial charge in [-0.15, -0.1) is 0 Å².